The SMILES string of the molecule is O=c1[nH]ccn(C[C@H]2CCCO2)c1=O. The van der Waals surface area contributed by atoms with Crippen molar-refractivity contribution in [2.75, 3.05) is 6.61 Å². The first-order chi connectivity index (χ1) is 6.77. The van der Waals surface area contributed by atoms with Crippen LogP contribution in [0.3, 0.4) is 0 Å². The summed E-state index contributed by atoms with van der Waals surface area (Å²) in [6.45, 7) is 1.23. The summed E-state index contributed by atoms with van der Waals surface area (Å²) >= 11 is 0. The second kappa shape index (κ2) is 3.79. The van der Waals surface area contributed by atoms with Crippen LogP contribution in [-0.4, -0.2) is 22.3 Å². The predicted octanol–water partition coefficient (Wildman–Crippen LogP) is -0.284. The number of nitrogens with zero attached hydrogens (tertiary/aromatic N) is 1. The van der Waals surface area contributed by atoms with E-state index in [1.165, 1.54) is 10.8 Å². The van der Waals surface area contributed by atoms with Crippen LogP contribution in [0.1, 0.15) is 12.8 Å². The molecule has 0 amide bonds. The molecule has 2 heterocycles. The molecule has 0 bridgehead atoms. The van der Waals surface area contributed by atoms with Crippen molar-refractivity contribution >= 4 is 0 Å². The molecule has 1 aromatic rings. The smallest absolute Gasteiger partial charge is 0.316 e. The minimum atomic E-state index is -0.578. The topological polar surface area (TPSA) is 64.1 Å². The van der Waals surface area contributed by atoms with Crippen LogP contribution in [0.5, 0.6) is 0 Å². The zero-order chi connectivity index (χ0) is 9.97. The zero-order valence-electron chi connectivity index (χ0n) is 7.73. The van der Waals surface area contributed by atoms with E-state index in [4.69, 9.17) is 4.74 Å². The van der Waals surface area contributed by atoms with Crippen molar-refractivity contribution in [1.82, 2.24) is 9.55 Å². The lowest BCUT2D eigenvalue weighted by atomic mass is 10.2. The number of hydrogen-bond acceptors (Lipinski definition) is 3. The van der Waals surface area contributed by atoms with E-state index in [2.05, 4.69) is 4.98 Å². The molecule has 5 heteroatoms. The molecule has 0 saturated carbocycles. The molecule has 2 rings (SSSR count). The molecule has 1 N–H and O–H groups in total. The molecule has 1 fully saturated rings. The van der Waals surface area contributed by atoms with Gasteiger partial charge in [0.1, 0.15) is 0 Å². The average molecular weight is 196 g/mol. The van der Waals surface area contributed by atoms with Crippen LogP contribution in [0.4, 0.5) is 0 Å². The summed E-state index contributed by atoms with van der Waals surface area (Å²) in [5.74, 6) is 0. The van der Waals surface area contributed by atoms with Gasteiger partial charge in [-0.2, -0.15) is 0 Å². The number of aromatic nitrogens is 2. The minimum absolute atomic E-state index is 0.0782. The number of H-pyrrole nitrogens is 1. The fraction of sp³-hybridized carbons (Fsp3) is 0.556. The summed E-state index contributed by atoms with van der Waals surface area (Å²) < 4.78 is 6.78. The fourth-order valence-corrected chi connectivity index (χ4v) is 1.61. The Kier molecular flexibility index (Phi) is 2.49. The van der Waals surface area contributed by atoms with Crippen LogP contribution in [0.15, 0.2) is 22.0 Å². The molecule has 0 aliphatic carbocycles. The van der Waals surface area contributed by atoms with Crippen molar-refractivity contribution in [2.24, 2.45) is 0 Å². The number of hydrogen-bond donors (Lipinski definition) is 1. The summed E-state index contributed by atoms with van der Waals surface area (Å²) in [5.41, 5.74) is -1.09. The number of ether oxygens (including phenoxy) is 1. The van der Waals surface area contributed by atoms with Gasteiger partial charge in [0.25, 0.3) is 0 Å². The van der Waals surface area contributed by atoms with Gasteiger partial charge in [-0.15, -0.1) is 0 Å². The highest BCUT2D eigenvalue weighted by atomic mass is 16.5. The Balaban J connectivity index is 2.20. The van der Waals surface area contributed by atoms with Crippen molar-refractivity contribution in [2.45, 2.75) is 25.5 Å². The largest absolute Gasteiger partial charge is 0.376 e. The van der Waals surface area contributed by atoms with Crippen LogP contribution < -0.4 is 11.1 Å². The summed E-state index contributed by atoms with van der Waals surface area (Å²) in [6, 6.07) is 0. The van der Waals surface area contributed by atoms with Gasteiger partial charge < -0.3 is 14.3 Å². The standard InChI is InChI=1S/C9H12N2O3/c12-8-9(13)11(4-3-10-8)6-7-2-1-5-14-7/h3-4,7H,1-2,5-6H2,(H,10,12)/t7-/m1/s1. The molecule has 0 aromatic carbocycles. The molecule has 1 aromatic heterocycles. The van der Waals surface area contributed by atoms with E-state index in [9.17, 15) is 9.59 Å². The highest BCUT2D eigenvalue weighted by Crippen LogP contribution is 2.12. The first-order valence-electron chi connectivity index (χ1n) is 4.67. The summed E-state index contributed by atoms with van der Waals surface area (Å²) in [5, 5.41) is 0. The monoisotopic (exact) mass is 196 g/mol. The van der Waals surface area contributed by atoms with E-state index < -0.39 is 11.1 Å². The van der Waals surface area contributed by atoms with Gasteiger partial charge >= 0.3 is 11.1 Å². The highest BCUT2D eigenvalue weighted by Gasteiger charge is 2.16. The molecular weight excluding hydrogens is 184 g/mol. The molecule has 76 valence electrons. The Morgan fingerprint density at radius 1 is 1.57 bits per heavy atom. The maximum Gasteiger partial charge on any atom is 0.316 e. The number of rotatable bonds is 2. The van der Waals surface area contributed by atoms with E-state index in [1.807, 2.05) is 0 Å². The van der Waals surface area contributed by atoms with Gasteiger partial charge in [0, 0.05) is 19.0 Å². The van der Waals surface area contributed by atoms with E-state index in [0.29, 0.717) is 6.54 Å². The third-order valence-corrected chi connectivity index (χ3v) is 2.35. The van der Waals surface area contributed by atoms with Gasteiger partial charge in [-0.3, -0.25) is 9.59 Å². The first kappa shape index (κ1) is 9.21. The number of nitrogens with one attached hydrogen (secondary N) is 1. The zero-order valence-corrected chi connectivity index (χ0v) is 7.73. The molecule has 0 unspecified atom stereocenters. The van der Waals surface area contributed by atoms with Crippen molar-refractivity contribution in [3.05, 3.63) is 33.1 Å². The Morgan fingerprint density at radius 2 is 2.43 bits per heavy atom. The van der Waals surface area contributed by atoms with Gasteiger partial charge in [0.2, 0.25) is 0 Å². The fourth-order valence-electron chi connectivity index (χ4n) is 1.61. The van der Waals surface area contributed by atoms with Gasteiger partial charge in [0.15, 0.2) is 0 Å². The highest BCUT2D eigenvalue weighted by molar-refractivity contribution is 4.83. The molecule has 1 aliphatic rings. The van der Waals surface area contributed by atoms with E-state index in [1.54, 1.807) is 6.20 Å². The molecule has 0 radical (unpaired) electrons. The van der Waals surface area contributed by atoms with Crippen LogP contribution in [-0.2, 0) is 11.3 Å². The first-order valence-corrected chi connectivity index (χ1v) is 4.67. The third kappa shape index (κ3) is 1.77. The second-order valence-corrected chi connectivity index (χ2v) is 3.38. The van der Waals surface area contributed by atoms with Gasteiger partial charge in [-0.1, -0.05) is 0 Å². The Bertz CT molecular complexity index is 415. The quantitative estimate of drug-likeness (QED) is 0.661. The van der Waals surface area contributed by atoms with Gasteiger partial charge in [-0.25, -0.2) is 0 Å². The van der Waals surface area contributed by atoms with Crippen molar-refractivity contribution in [3.63, 3.8) is 0 Å². The van der Waals surface area contributed by atoms with Crippen LogP contribution in [0, 0.1) is 0 Å². The predicted molar refractivity (Wildman–Crippen MR) is 50.3 cm³/mol. The summed E-state index contributed by atoms with van der Waals surface area (Å²) in [4.78, 5) is 24.6. The maximum absolute atomic E-state index is 11.3. The number of aromatic amines is 1. The maximum atomic E-state index is 11.3. The lowest BCUT2D eigenvalue weighted by Gasteiger charge is -2.10. The van der Waals surface area contributed by atoms with Gasteiger partial charge in [-0.05, 0) is 12.8 Å². The Morgan fingerprint density at radius 3 is 3.14 bits per heavy atom. The average Bonchev–Trinajstić information content (AvgIpc) is 2.66. The van der Waals surface area contributed by atoms with Crippen molar-refractivity contribution in [3.8, 4) is 0 Å². The summed E-state index contributed by atoms with van der Waals surface area (Å²) in [6.07, 6.45) is 5.11. The molecule has 1 saturated heterocycles. The Labute approximate surface area is 80.3 Å². The molecule has 14 heavy (non-hydrogen) atoms. The van der Waals surface area contributed by atoms with E-state index >= 15 is 0 Å². The third-order valence-electron chi connectivity index (χ3n) is 2.35. The van der Waals surface area contributed by atoms with E-state index in [0.717, 1.165) is 19.4 Å². The van der Waals surface area contributed by atoms with Crippen molar-refractivity contribution < 1.29 is 4.74 Å². The molecule has 0 spiro atoms. The van der Waals surface area contributed by atoms with E-state index in [-0.39, 0.29) is 6.10 Å². The molecule has 1 aliphatic heterocycles. The lowest BCUT2D eigenvalue weighted by molar-refractivity contribution is 0.0960. The van der Waals surface area contributed by atoms with Crippen LogP contribution in [0.25, 0.3) is 0 Å². The molecular formula is C9H12N2O3. The van der Waals surface area contributed by atoms with Gasteiger partial charge in [0.05, 0.1) is 12.6 Å². The van der Waals surface area contributed by atoms with Crippen molar-refractivity contribution in [1.29, 1.82) is 0 Å². The lowest BCUT2D eigenvalue weighted by Crippen LogP contribution is -2.37. The molecule has 1 atom stereocenters. The molecule has 5 nitrogen and oxygen atoms in total. The Hall–Kier alpha value is -1.36. The minimum Gasteiger partial charge on any atom is -0.376 e. The second-order valence-electron chi connectivity index (χ2n) is 3.38. The normalized spacial score (nSPS) is 21.3. The summed E-state index contributed by atoms with van der Waals surface area (Å²) in [7, 11) is 0. The van der Waals surface area contributed by atoms with Crippen LogP contribution >= 0.6 is 0 Å². The van der Waals surface area contributed by atoms with Crippen LogP contribution in [0.2, 0.25) is 0 Å².